The van der Waals surface area contributed by atoms with Crippen LogP contribution in [0.3, 0.4) is 0 Å². The number of carbonyl (C=O) groups excluding carboxylic acids is 2. The SMILES string of the molecule is CCN1CCCC2(CCN(C(=O)[C@H]3CCOC3)CC2)C1=O. The summed E-state index contributed by atoms with van der Waals surface area (Å²) in [6.45, 7) is 6.51. The topological polar surface area (TPSA) is 49.9 Å². The summed E-state index contributed by atoms with van der Waals surface area (Å²) in [5, 5.41) is 0. The lowest BCUT2D eigenvalue weighted by molar-refractivity contribution is -0.153. The number of rotatable bonds is 2. The van der Waals surface area contributed by atoms with E-state index in [1.807, 2.05) is 9.80 Å². The number of hydrogen-bond donors (Lipinski definition) is 0. The summed E-state index contributed by atoms with van der Waals surface area (Å²) in [4.78, 5) is 29.0. The zero-order valence-corrected chi connectivity index (χ0v) is 13.0. The lowest BCUT2D eigenvalue weighted by Crippen LogP contribution is -2.54. The monoisotopic (exact) mass is 294 g/mol. The molecule has 5 heteroatoms. The molecule has 118 valence electrons. The minimum atomic E-state index is -0.183. The Hall–Kier alpha value is -1.10. The zero-order chi connectivity index (χ0) is 14.9. The minimum absolute atomic E-state index is 0.0493. The second-order valence-electron chi connectivity index (χ2n) is 6.65. The molecule has 3 saturated heterocycles. The minimum Gasteiger partial charge on any atom is -0.381 e. The molecule has 3 aliphatic rings. The van der Waals surface area contributed by atoms with E-state index in [2.05, 4.69) is 6.92 Å². The van der Waals surface area contributed by atoms with Gasteiger partial charge in [0.15, 0.2) is 0 Å². The molecule has 0 N–H and O–H groups in total. The Labute approximate surface area is 126 Å². The van der Waals surface area contributed by atoms with E-state index in [1.54, 1.807) is 0 Å². The summed E-state index contributed by atoms with van der Waals surface area (Å²) in [5.41, 5.74) is -0.183. The van der Waals surface area contributed by atoms with Crippen LogP contribution in [0.4, 0.5) is 0 Å². The molecule has 0 aliphatic carbocycles. The van der Waals surface area contributed by atoms with Gasteiger partial charge in [0.1, 0.15) is 0 Å². The molecular formula is C16H26N2O3. The van der Waals surface area contributed by atoms with E-state index in [0.717, 1.165) is 58.3 Å². The van der Waals surface area contributed by atoms with E-state index in [-0.39, 0.29) is 17.2 Å². The summed E-state index contributed by atoms with van der Waals surface area (Å²) in [5.74, 6) is 0.610. The molecule has 0 bridgehead atoms. The maximum absolute atomic E-state index is 12.7. The molecule has 0 unspecified atom stereocenters. The fraction of sp³-hybridized carbons (Fsp3) is 0.875. The van der Waals surface area contributed by atoms with Gasteiger partial charge in [-0.25, -0.2) is 0 Å². The lowest BCUT2D eigenvalue weighted by atomic mass is 9.71. The van der Waals surface area contributed by atoms with E-state index in [1.165, 1.54) is 0 Å². The third-order valence-electron chi connectivity index (χ3n) is 5.52. The molecule has 2 amide bonds. The van der Waals surface area contributed by atoms with Gasteiger partial charge in [-0.3, -0.25) is 9.59 Å². The van der Waals surface area contributed by atoms with Crippen LogP contribution in [0.25, 0.3) is 0 Å². The van der Waals surface area contributed by atoms with E-state index in [9.17, 15) is 9.59 Å². The highest BCUT2D eigenvalue weighted by Crippen LogP contribution is 2.41. The molecule has 3 aliphatic heterocycles. The number of ether oxygens (including phenoxy) is 1. The van der Waals surface area contributed by atoms with E-state index in [0.29, 0.717) is 19.1 Å². The summed E-state index contributed by atoms with van der Waals surface area (Å²) in [6.07, 6.45) is 4.62. The molecule has 1 spiro atoms. The molecule has 3 rings (SSSR count). The zero-order valence-electron chi connectivity index (χ0n) is 13.0. The van der Waals surface area contributed by atoms with E-state index >= 15 is 0 Å². The van der Waals surface area contributed by atoms with Crippen LogP contribution in [0, 0.1) is 11.3 Å². The molecule has 0 aromatic heterocycles. The van der Waals surface area contributed by atoms with Crippen molar-refractivity contribution in [1.29, 1.82) is 0 Å². The molecule has 3 fully saturated rings. The first-order valence-corrected chi connectivity index (χ1v) is 8.32. The molecular weight excluding hydrogens is 268 g/mol. The number of hydrogen-bond acceptors (Lipinski definition) is 3. The normalized spacial score (nSPS) is 29.2. The van der Waals surface area contributed by atoms with Crippen LogP contribution in [0.2, 0.25) is 0 Å². The predicted octanol–water partition coefficient (Wildman–Crippen LogP) is 1.27. The molecule has 0 aromatic rings. The van der Waals surface area contributed by atoms with Crippen molar-refractivity contribution in [3.05, 3.63) is 0 Å². The number of piperidine rings is 2. The number of nitrogens with zero attached hydrogens (tertiary/aromatic N) is 2. The largest absolute Gasteiger partial charge is 0.381 e. The average molecular weight is 294 g/mol. The van der Waals surface area contributed by atoms with Gasteiger partial charge in [0.05, 0.1) is 17.9 Å². The van der Waals surface area contributed by atoms with Crippen molar-refractivity contribution < 1.29 is 14.3 Å². The van der Waals surface area contributed by atoms with Crippen molar-refractivity contribution >= 4 is 11.8 Å². The first kappa shape index (κ1) is 14.8. The lowest BCUT2D eigenvalue weighted by Gasteiger charge is -2.46. The molecule has 21 heavy (non-hydrogen) atoms. The first-order chi connectivity index (χ1) is 10.2. The maximum atomic E-state index is 12.7. The van der Waals surface area contributed by atoms with E-state index in [4.69, 9.17) is 4.74 Å². The number of carbonyl (C=O) groups is 2. The van der Waals surface area contributed by atoms with Crippen LogP contribution in [-0.2, 0) is 14.3 Å². The second kappa shape index (κ2) is 5.95. The fourth-order valence-electron chi connectivity index (χ4n) is 4.06. The standard InChI is InChI=1S/C16H26N2O3/c1-2-17-8-3-5-16(15(17)20)6-9-18(10-7-16)14(19)13-4-11-21-12-13/h13H,2-12H2,1H3/t13-/m0/s1. The Bertz CT molecular complexity index is 410. The highest BCUT2D eigenvalue weighted by Gasteiger charge is 2.46. The van der Waals surface area contributed by atoms with Crippen LogP contribution in [-0.4, -0.2) is 61.0 Å². The van der Waals surface area contributed by atoms with Gasteiger partial charge >= 0.3 is 0 Å². The number of amides is 2. The van der Waals surface area contributed by atoms with Crippen LogP contribution < -0.4 is 0 Å². The Morgan fingerprint density at radius 2 is 2.05 bits per heavy atom. The molecule has 5 nitrogen and oxygen atoms in total. The highest BCUT2D eigenvalue weighted by molar-refractivity contribution is 5.84. The van der Waals surface area contributed by atoms with Gasteiger partial charge in [-0.1, -0.05) is 0 Å². The fourth-order valence-corrected chi connectivity index (χ4v) is 4.06. The summed E-state index contributed by atoms with van der Waals surface area (Å²) in [7, 11) is 0. The Morgan fingerprint density at radius 1 is 1.29 bits per heavy atom. The molecule has 0 aromatic carbocycles. The van der Waals surface area contributed by atoms with Gasteiger partial charge in [-0.2, -0.15) is 0 Å². The number of likely N-dealkylation sites (tertiary alicyclic amines) is 2. The predicted molar refractivity (Wildman–Crippen MR) is 78.7 cm³/mol. The van der Waals surface area contributed by atoms with Gasteiger partial charge in [0.25, 0.3) is 0 Å². The summed E-state index contributed by atoms with van der Waals surface area (Å²) in [6, 6.07) is 0. The van der Waals surface area contributed by atoms with Crippen LogP contribution in [0.15, 0.2) is 0 Å². The van der Waals surface area contributed by atoms with Gasteiger partial charge in [-0.05, 0) is 39.0 Å². The third kappa shape index (κ3) is 2.68. The average Bonchev–Trinajstić information content (AvgIpc) is 3.05. The van der Waals surface area contributed by atoms with Gasteiger partial charge < -0.3 is 14.5 Å². The Morgan fingerprint density at radius 3 is 2.67 bits per heavy atom. The third-order valence-corrected chi connectivity index (χ3v) is 5.52. The van der Waals surface area contributed by atoms with Crippen LogP contribution >= 0.6 is 0 Å². The molecule has 0 radical (unpaired) electrons. The smallest absolute Gasteiger partial charge is 0.228 e. The van der Waals surface area contributed by atoms with Gasteiger partial charge in [0, 0.05) is 32.8 Å². The van der Waals surface area contributed by atoms with E-state index < -0.39 is 0 Å². The summed E-state index contributed by atoms with van der Waals surface area (Å²) >= 11 is 0. The first-order valence-electron chi connectivity index (χ1n) is 8.32. The van der Waals surface area contributed by atoms with Crippen LogP contribution in [0.1, 0.15) is 39.0 Å². The van der Waals surface area contributed by atoms with Crippen molar-refractivity contribution in [2.24, 2.45) is 11.3 Å². The van der Waals surface area contributed by atoms with Crippen LogP contribution in [0.5, 0.6) is 0 Å². The van der Waals surface area contributed by atoms with Crippen molar-refractivity contribution in [2.75, 3.05) is 39.4 Å². The van der Waals surface area contributed by atoms with Crippen molar-refractivity contribution in [3.8, 4) is 0 Å². The van der Waals surface area contributed by atoms with Crippen molar-refractivity contribution in [1.82, 2.24) is 9.80 Å². The highest BCUT2D eigenvalue weighted by atomic mass is 16.5. The molecule has 3 heterocycles. The molecule has 0 saturated carbocycles. The Balaban J connectivity index is 1.61. The van der Waals surface area contributed by atoms with Gasteiger partial charge in [-0.15, -0.1) is 0 Å². The summed E-state index contributed by atoms with van der Waals surface area (Å²) < 4.78 is 5.32. The van der Waals surface area contributed by atoms with Crippen molar-refractivity contribution in [2.45, 2.75) is 39.0 Å². The maximum Gasteiger partial charge on any atom is 0.228 e. The molecule has 1 atom stereocenters. The Kier molecular flexibility index (Phi) is 4.20. The van der Waals surface area contributed by atoms with Gasteiger partial charge in [0.2, 0.25) is 11.8 Å². The quantitative estimate of drug-likeness (QED) is 0.771. The second-order valence-corrected chi connectivity index (χ2v) is 6.65. The van der Waals surface area contributed by atoms with Crippen molar-refractivity contribution in [3.63, 3.8) is 0 Å².